The molecule has 0 fully saturated rings. The highest BCUT2D eigenvalue weighted by molar-refractivity contribution is 5.73. The number of nitrogen functional groups attached to an aromatic ring is 1. The fourth-order valence-corrected chi connectivity index (χ4v) is 2.27. The maximum atomic E-state index is 5.84. The Morgan fingerprint density at radius 1 is 0.941 bits per heavy atom. The molecular weight excluding hydrogens is 210 g/mol. The molecule has 0 aliphatic rings. The minimum atomic E-state index is 0.550. The molecule has 1 heterocycles. The fourth-order valence-electron chi connectivity index (χ4n) is 2.27. The van der Waals surface area contributed by atoms with Crippen molar-refractivity contribution < 1.29 is 0 Å². The van der Waals surface area contributed by atoms with Gasteiger partial charge in [0.2, 0.25) is 0 Å². The zero-order chi connectivity index (χ0) is 12.6. The van der Waals surface area contributed by atoms with Crippen molar-refractivity contribution in [1.29, 1.82) is 0 Å². The van der Waals surface area contributed by atoms with Crippen molar-refractivity contribution in [1.82, 2.24) is 9.97 Å². The molecule has 88 valence electrons. The highest BCUT2D eigenvalue weighted by Gasteiger charge is 2.12. The molecule has 0 aliphatic heterocycles. The van der Waals surface area contributed by atoms with Crippen molar-refractivity contribution in [3.63, 3.8) is 0 Å². The maximum absolute atomic E-state index is 5.84. The molecule has 2 N–H and O–H groups in total. The summed E-state index contributed by atoms with van der Waals surface area (Å²) in [7, 11) is 0. The van der Waals surface area contributed by atoms with Crippen molar-refractivity contribution in [3.8, 4) is 11.3 Å². The van der Waals surface area contributed by atoms with E-state index in [9.17, 15) is 0 Å². The maximum Gasteiger partial charge on any atom is 0.130 e. The Labute approximate surface area is 102 Å². The first kappa shape index (κ1) is 11.6. The van der Waals surface area contributed by atoms with Crippen LogP contribution in [-0.4, -0.2) is 9.97 Å². The van der Waals surface area contributed by atoms with Gasteiger partial charge in [-0.15, -0.1) is 0 Å². The smallest absolute Gasteiger partial charge is 0.130 e. The number of rotatable bonds is 1. The summed E-state index contributed by atoms with van der Waals surface area (Å²) in [6.07, 6.45) is 1.52. The van der Waals surface area contributed by atoms with Crippen LogP contribution in [0.25, 0.3) is 11.3 Å². The lowest BCUT2D eigenvalue weighted by molar-refractivity contribution is 1.13. The number of nitrogens with zero attached hydrogens (tertiary/aromatic N) is 2. The average Bonchev–Trinajstić information content (AvgIpc) is 2.23. The predicted molar refractivity (Wildman–Crippen MR) is 70.8 cm³/mol. The number of hydrogen-bond acceptors (Lipinski definition) is 3. The molecule has 0 atom stereocenters. The van der Waals surface area contributed by atoms with Crippen molar-refractivity contribution in [2.45, 2.75) is 27.7 Å². The van der Waals surface area contributed by atoms with Crippen LogP contribution in [0.2, 0.25) is 0 Å². The van der Waals surface area contributed by atoms with Gasteiger partial charge in [-0.05, 0) is 38.8 Å². The molecule has 0 saturated carbocycles. The van der Waals surface area contributed by atoms with E-state index >= 15 is 0 Å². The molecule has 2 aromatic rings. The third-order valence-corrected chi connectivity index (χ3v) is 3.04. The second-order valence-electron chi connectivity index (χ2n) is 4.51. The molecule has 0 bridgehead atoms. The van der Waals surface area contributed by atoms with Gasteiger partial charge in [-0.2, -0.15) is 0 Å². The fraction of sp³-hybridized carbons (Fsp3) is 0.286. The molecule has 1 aromatic carbocycles. The Morgan fingerprint density at radius 2 is 1.53 bits per heavy atom. The molecular formula is C14H17N3. The molecule has 0 unspecified atom stereocenters. The Morgan fingerprint density at radius 3 is 2.12 bits per heavy atom. The van der Waals surface area contributed by atoms with Crippen molar-refractivity contribution in [2.75, 3.05) is 5.73 Å². The van der Waals surface area contributed by atoms with Crippen LogP contribution in [0.4, 0.5) is 5.82 Å². The second kappa shape index (κ2) is 4.17. The predicted octanol–water partition coefficient (Wildman–Crippen LogP) is 2.96. The van der Waals surface area contributed by atoms with Crippen LogP contribution in [0, 0.1) is 27.7 Å². The molecule has 0 radical (unpaired) electrons. The molecule has 0 aliphatic carbocycles. The van der Waals surface area contributed by atoms with Gasteiger partial charge in [0.05, 0.1) is 5.69 Å². The number of hydrogen-bond donors (Lipinski definition) is 1. The summed E-state index contributed by atoms with van der Waals surface area (Å²) in [5, 5.41) is 0. The number of anilines is 1. The van der Waals surface area contributed by atoms with Crippen molar-refractivity contribution in [3.05, 3.63) is 40.7 Å². The first-order chi connectivity index (χ1) is 8.00. The van der Waals surface area contributed by atoms with E-state index in [1.165, 1.54) is 28.6 Å². The molecule has 2 rings (SSSR count). The standard InChI is InChI=1S/C14H17N3/c1-8-5-9(2)12(10(3)6-8)13-11(4)14(15)17-7-16-13/h5-7H,1-4H3,(H2,15,16,17). The van der Waals surface area contributed by atoms with Gasteiger partial charge >= 0.3 is 0 Å². The van der Waals surface area contributed by atoms with E-state index in [1.54, 1.807) is 0 Å². The quantitative estimate of drug-likeness (QED) is 0.814. The van der Waals surface area contributed by atoms with E-state index in [4.69, 9.17) is 5.73 Å². The number of aromatic nitrogens is 2. The first-order valence-corrected chi connectivity index (χ1v) is 5.66. The third-order valence-electron chi connectivity index (χ3n) is 3.04. The Balaban J connectivity index is 2.73. The SMILES string of the molecule is Cc1cc(C)c(-c2ncnc(N)c2C)c(C)c1. The molecule has 3 heteroatoms. The van der Waals surface area contributed by atoms with Crippen molar-refractivity contribution >= 4 is 5.82 Å². The Kier molecular flexibility index (Phi) is 2.84. The van der Waals surface area contributed by atoms with Gasteiger partial charge in [-0.1, -0.05) is 17.7 Å². The van der Waals surface area contributed by atoms with Gasteiger partial charge in [-0.3, -0.25) is 0 Å². The first-order valence-electron chi connectivity index (χ1n) is 5.66. The van der Waals surface area contributed by atoms with Crippen LogP contribution in [0.3, 0.4) is 0 Å². The van der Waals surface area contributed by atoms with Crippen LogP contribution in [-0.2, 0) is 0 Å². The van der Waals surface area contributed by atoms with Crippen molar-refractivity contribution in [2.24, 2.45) is 0 Å². The van der Waals surface area contributed by atoms with E-state index in [2.05, 4.69) is 42.9 Å². The van der Waals surface area contributed by atoms with E-state index in [0.29, 0.717) is 5.82 Å². The lowest BCUT2D eigenvalue weighted by atomic mass is 9.95. The monoisotopic (exact) mass is 227 g/mol. The summed E-state index contributed by atoms with van der Waals surface area (Å²) in [5.74, 6) is 0.550. The van der Waals surface area contributed by atoms with Gasteiger partial charge in [0.1, 0.15) is 12.1 Å². The van der Waals surface area contributed by atoms with Crippen LogP contribution >= 0.6 is 0 Å². The third kappa shape index (κ3) is 2.00. The highest BCUT2D eigenvalue weighted by atomic mass is 14.9. The lowest BCUT2D eigenvalue weighted by Crippen LogP contribution is -2.01. The molecule has 0 saturated heterocycles. The van der Waals surface area contributed by atoms with Gasteiger partial charge in [0.15, 0.2) is 0 Å². The topological polar surface area (TPSA) is 51.8 Å². The summed E-state index contributed by atoms with van der Waals surface area (Å²) in [4.78, 5) is 8.38. The second-order valence-corrected chi connectivity index (χ2v) is 4.51. The van der Waals surface area contributed by atoms with Gasteiger partial charge in [0.25, 0.3) is 0 Å². The normalized spacial score (nSPS) is 10.6. The number of benzene rings is 1. The molecule has 3 nitrogen and oxygen atoms in total. The molecule has 0 spiro atoms. The summed E-state index contributed by atoms with van der Waals surface area (Å²) >= 11 is 0. The van der Waals surface area contributed by atoms with E-state index in [1.807, 2.05) is 6.92 Å². The zero-order valence-corrected chi connectivity index (χ0v) is 10.7. The van der Waals surface area contributed by atoms with E-state index in [0.717, 1.165) is 11.3 Å². The minimum absolute atomic E-state index is 0.550. The van der Waals surface area contributed by atoms with Crippen LogP contribution < -0.4 is 5.73 Å². The molecule has 0 amide bonds. The minimum Gasteiger partial charge on any atom is -0.383 e. The lowest BCUT2D eigenvalue weighted by Gasteiger charge is -2.13. The number of aryl methyl sites for hydroxylation is 3. The van der Waals surface area contributed by atoms with Gasteiger partial charge in [-0.25, -0.2) is 9.97 Å². The summed E-state index contributed by atoms with van der Waals surface area (Å²) in [6, 6.07) is 4.33. The Hall–Kier alpha value is -1.90. The average molecular weight is 227 g/mol. The van der Waals surface area contributed by atoms with Gasteiger partial charge in [0, 0.05) is 11.1 Å². The summed E-state index contributed by atoms with van der Waals surface area (Å²) in [6.45, 7) is 8.27. The number of nitrogens with two attached hydrogens (primary N) is 1. The molecule has 1 aromatic heterocycles. The zero-order valence-electron chi connectivity index (χ0n) is 10.7. The van der Waals surface area contributed by atoms with Crippen LogP contribution in [0.5, 0.6) is 0 Å². The van der Waals surface area contributed by atoms with Crippen LogP contribution in [0.15, 0.2) is 18.5 Å². The van der Waals surface area contributed by atoms with Gasteiger partial charge < -0.3 is 5.73 Å². The van der Waals surface area contributed by atoms with E-state index < -0.39 is 0 Å². The summed E-state index contributed by atoms with van der Waals surface area (Å²) in [5.41, 5.74) is 12.6. The Bertz CT molecular complexity index is 551. The summed E-state index contributed by atoms with van der Waals surface area (Å²) < 4.78 is 0. The molecule has 17 heavy (non-hydrogen) atoms. The van der Waals surface area contributed by atoms with E-state index in [-0.39, 0.29) is 0 Å². The van der Waals surface area contributed by atoms with Crippen LogP contribution in [0.1, 0.15) is 22.3 Å². The largest absolute Gasteiger partial charge is 0.383 e. The highest BCUT2D eigenvalue weighted by Crippen LogP contribution is 2.30.